The number of carbonyl (C=O) groups excluding carboxylic acids is 2. The van der Waals surface area contributed by atoms with Gasteiger partial charge >= 0.3 is 0 Å². The summed E-state index contributed by atoms with van der Waals surface area (Å²) in [4.78, 5) is 22.8. The van der Waals surface area contributed by atoms with Gasteiger partial charge in [-0.2, -0.15) is 5.10 Å². The number of amides is 2. The van der Waals surface area contributed by atoms with Gasteiger partial charge < -0.3 is 0 Å². The molecule has 0 aliphatic carbocycles. The molecule has 0 heterocycles. The van der Waals surface area contributed by atoms with E-state index < -0.39 is 5.91 Å². The van der Waals surface area contributed by atoms with Crippen molar-refractivity contribution < 1.29 is 14.8 Å². The summed E-state index contributed by atoms with van der Waals surface area (Å²) in [6, 6.07) is 16.0. The molecule has 0 bridgehead atoms. The highest BCUT2D eigenvalue weighted by Gasteiger charge is 2.03. The van der Waals surface area contributed by atoms with Gasteiger partial charge in [-0.1, -0.05) is 42.5 Å². The monoisotopic (exact) mass is 309 g/mol. The van der Waals surface area contributed by atoms with E-state index in [1.807, 2.05) is 30.3 Å². The van der Waals surface area contributed by atoms with Crippen molar-refractivity contribution in [3.8, 4) is 0 Å². The van der Waals surface area contributed by atoms with E-state index in [1.165, 1.54) is 17.6 Å². The maximum atomic E-state index is 11.9. The van der Waals surface area contributed by atoms with E-state index in [1.54, 1.807) is 30.5 Å². The molecule has 2 aromatic carbocycles. The Balaban J connectivity index is 1.94. The standard InChI is InChI=1S/C17H15N3O3/c21-16(20-23)11-8-13-6-9-15(10-7-13)17(22)19-18-12-14-4-2-1-3-5-14/h1-12,23H,(H,19,22)(H,20,21)/b11-8+,18-12+. The number of hydrogen-bond donors (Lipinski definition) is 3. The summed E-state index contributed by atoms with van der Waals surface area (Å²) in [6.45, 7) is 0. The van der Waals surface area contributed by atoms with Crippen LogP contribution in [0.15, 0.2) is 65.8 Å². The van der Waals surface area contributed by atoms with Gasteiger partial charge in [-0.25, -0.2) is 10.9 Å². The van der Waals surface area contributed by atoms with Gasteiger partial charge in [0.1, 0.15) is 0 Å². The van der Waals surface area contributed by atoms with Crippen LogP contribution in [-0.2, 0) is 4.79 Å². The molecule has 0 aliphatic rings. The van der Waals surface area contributed by atoms with Crippen LogP contribution in [0.5, 0.6) is 0 Å². The third-order valence-electron chi connectivity index (χ3n) is 2.89. The molecule has 0 unspecified atom stereocenters. The Morgan fingerprint density at radius 2 is 1.65 bits per heavy atom. The number of nitrogens with zero attached hydrogens (tertiary/aromatic N) is 1. The predicted molar refractivity (Wildman–Crippen MR) is 86.9 cm³/mol. The van der Waals surface area contributed by atoms with E-state index in [0.29, 0.717) is 5.56 Å². The number of hydrazone groups is 1. The van der Waals surface area contributed by atoms with Crippen LogP contribution in [0.2, 0.25) is 0 Å². The van der Waals surface area contributed by atoms with Gasteiger partial charge in [-0.3, -0.25) is 14.8 Å². The minimum absolute atomic E-state index is 0.333. The van der Waals surface area contributed by atoms with Crippen LogP contribution < -0.4 is 10.9 Å². The fourth-order valence-corrected chi connectivity index (χ4v) is 1.72. The van der Waals surface area contributed by atoms with Crippen molar-refractivity contribution in [2.45, 2.75) is 0 Å². The van der Waals surface area contributed by atoms with E-state index in [2.05, 4.69) is 10.5 Å². The van der Waals surface area contributed by atoms with E-state index in [-0.39, 0.29) is 5.91 Å². The van der Waals surface area contributed by atoms with Crippen LogP contribution in [-0.4, -0.2) is 23.2 Å². The second kappa shape index (κ2) is 8.26. The summed E-state index contributed by atoms with van der Waals surface area (Å²) < 4.78 is 0. The lowest BCUT2D eigenvalue weighted by atomic mass is 10.1. The Morgan fingerprint density at radius 3 is 2.30 bits per heavy atom. The molecule has 23 heavy (non-hydrogen) atoms. The van der Waals surface area contributed by atoms with Gasteiger partial charge in [0.2, 0.25) is 0 Å². The molecule has 6 nitrogen and oxygen atoms in total. The van der Waals surface area contributed by atoms with Gasteiger partial charge in [-0.05, 0) is 29.3 Å². The Kier molecular flexibility index (Phi) is 5.79. The van der Waals surface area contributed by atoms with Crippen LogP contribution in [0.4, 0.5) is 0 Å². The molecule has 0 saturated heterocycles. The van der Waals surface area contributed by atoms with Crippen LogP contribution in [0, 0.1) is 0 Å². The predicted octanol–water partition coefficient (Wildman–Crippen LogP) is 1.97. The second-order valence-corrected chi connectivity index (χ2v) is 4.54. The number of hydroxylamine groups is 1. The Labute approximate surface area is 133 Å². The summed E-state index contributed by atoms with van der Waals surface area (Å²) >= 11 is 0. The molecule has 0 atom stereocenters. The molecule has 0 spiro atoms. The first-order valence-electron chi connectivity index (χ1n) is 6.80. The normalized spacial score (nSPS) is 10.8. The van der Waals surface area contributed by atoms with Crippen molar-refractivity contribution in [1.82, 2.24) is 10.9 Å². The van der Waals surface area contributed by atoms with Crippen molar-refractivity contribution >= 4 is 24.1 Å². The summed E-state index contributed by atoms with van der Waals surface area (Å²) in [7, 11) is 0. The molecule has 0 aliphatic heterocycles. The Hall–Kier alpha value is -3.25. The fraction of sp³-hybridized carbons (Fsp3) is 0. The molecule has 2 aromatic rings. The van der Waals surface area contributed by atoms with Crippen molar-refractivity contribution in [3.05, 3.63) is 77.4 Å². The SMILES string of the molecule is O=C(/C=C/c1ccc(C(=O)N/N=C/c2ccccc2)cc1)NO. The summed E-state index contributed by atoms with van der Waals surface area (Å²) in [5, 5.41) is 12.3. The fourth-order valence-electron chi connectivity index (χ4n) is 1.72. The van der Waals surface area contributed by atoms with Crippen LogP contribution >= 0.6 is 0 Å². The van der Waals surface area contributed by atoms with Gasteiger partial charge in [0.15, 0.2) is 0 Å². The van der Waals surface area contributed by atoms with Crippen molar-refractivity contribution in [3.63, 3.8) is 0 Å². The van der Waals surface area contributed by atoms with Crippen LogP contribution in [0.25, 0.3) is 6.08 Å². The first-order chi connectivity index (χ1) is 11.2. The lowest BCUT2D eigenvalue weighted by Gasteiger charge is -2.00. The van der Waals surface area contributed by atoms with Gasteiger partial charge in [0.05, 0.1) is 6.21 Å². The van der Waals surface area contributed by atoms with E-state index >= 15 is 0 Å². The quantitative estimate of drug-likeness (QED) is 0.341. The third-order valence-corrected chi connectivity index (χ3v) is 2.89. The zero-order valence-electron chi connectivity index (χ0n) is 12.1. The topological polar surface area (TPSA) is 90.8 Å². The lowest BCUT2D eigenvalue weighted by molar-refractivity contribution is -0.124. The largest absolute Gasteiger partial charge is 0.288 e. The average Bonchev–Trinajstić information content (AvgIpc) is 2.61. The van der Waals surface area contributed by atoms with Crippen molar-refractivity contribution in [1.29, 1.82) is 0 Å². The summed E-state index contributed by atoms with van der Waals surface area (Å²) in [5.74, 6) is -0.956. The molecule has 2 rings (SSSR count). The molecule has 3 N–H and O–H groups in total. The van der Waals surface area contributed by atoms with E-state index in [9.17, 15) is 9.59 Å². The zero-order chi connectivity index (χ0) is 16.5. The van der Waals surface area contributed by atoms with Gasteiger partial charge in [0.25, 0.3) is 11.8 Å². The number of nitrogens with one attached hydrogen (secondary N) is 2. The molecule has 0 aromatic heterocycles. The maximum absolute atomic E-state index is 11.9. The average molecular weight is 309 g/mol. The smallest absolute Gasteiger partial charge is 0.271 e. The third kappa shape index (κ3) is 5.22. The molecular weight excluding hydrogens is 294 g/mol. The zero-order valence-corrected chi connectivity index (χ0v) is 12.1. The van der Waals surface area contributed by atoms with Crippen LogP contribution in [0.3, 0.4) is 0 Å². The highest BCUT2D eigenvalue weighted by molar-refractivity contribution is 5.95. The molecule has 116 valence electrons. The van der Waals surface area contributed by atoms with E-state index in [0.717, 1.165) is 11.1 Å². The highest BCUT2D eigenvalue weighted by Crippen LogP contribution is 2.06. The lowest BCUT2D eigenvalue weighted by Crippen LogP contribution is -2.17. The number of hydrogen-bond acceptors (Lipinski definition) is 4. The molecule has 6 heteroatoms. The van der Waals surface area contributed by atoms with Crippen molar-refractivity contribution in [2.75, 3.05) is 0 Å². The molecule has 0 radical (unpaired) electrons. The number of carbonyl (C=O) groups is 2. The first kappa shape index (κ1) is 16.1. The van der Waals surface area contributed by atoms with Gasteiger partial charge in [-0.15, -0.1) is 0 Å². The first-order valence-corrected chi connectivity index (χ1v) is 6.80. The summed E-state index contributed by atoms with van der Waals surface area (Å²) in [6.07, 6.45) is 4.25. The molecule has 0 fully saturated rings. The van der Waals surface area contributed by atoms with Gasteiger partial charge in [0, 0.05) is 11.6 Å². The molecular formula is C17H15N3O3. The maximum Gasteiger partial charge on any atom is 0.271 e. The summed E-state index contributed by atoms with van der Waals surface area (Å²) in [5.41, 5.74) is 5.99. The highest BCUT2D eigenvalue weighted by atomic mass is 16.5. The minimum Gasteiger partial charge on any atom is -0.288 e. The number of benzene rings is 2. The van der Waals surface area contributed by atoms with E-state index in [4.69, 9.17) is 5.21 Å². The minimum atomic E-state index is -0.623. The second-order valence-electron chi connectivity index (χ2n) is 4.54. The molecule has 2 amide bonds. The van der Waals surface area contributed by atoms with Crippen molar-refractivity contribution in [2.24, 2.45) is 5.10 Å². The number of rotatable bonds is 5. The van der Waals surface area contributed by atoms with Crippen LogP contribution in [0.1, 0.15) is 21.5 Å². The molecule has 0 saturated carbocycles. The Bertz CT molecular complexity index is 723. The Morgan fingerprint density at radius 1 is 0.957 bits per heavy atom.